The number of ether oxygens (including phenoxy) is 5. The van der Waals surface area contributed by atoms with E-state index in [1.165, 1.54) is 0 Å². The first kappa shape index (κ1) is 24.1. The van der Waals surface area contributed by atoms with Crippen LogP contribution in [0.3, 0.4) is 0 Å². The number of carbonyl (C=O) groups is 2. The summed E-state index contributed by atoms with van der Waals surface area (Å²) in [5.41, 5.74) is 4.04. The van der Waals surface area contributed by atoms with Gasteiger partial charge in [-0.1, -0.05) is 11.6 Å². The quantitative estimate of drug-likeness (QED) is 0.400. The van der Waals surface area contributed by atoms with Crippen LogP contribution in [0.1, 0.15) is 46.8 Å². The molecule has 8 heteroatoms. The number of morpholine rings is 1. The van der Waals surface area contributed by atoms with Crippen molar-refractivity contribution in [2.24, 2.45) is 0 Å². The van der Waals surface area contributed by atoms with Crippen LogP contribution in [0.4, 0.5) is 0 Å². The summed E-state index contributed by atoms with van der Waals surface area (Å²) in [6.45, 7) is 8.51. The smallest absolute Gasteiger partial charge is 0.342 e. The van der Waals surface area contributed by atoms with Crippen molar-refractivity contribution >= 4 is 11.9 Å². The summed E-state index contributed by atoms with van der Waals surface area (Å²) in [5.74, 6) is 0.628. The second-order valence-corrected chi connectivity index (χ2v) is 8.03. The van der Waals surface area contributed by atoms with E-state index in [0.717, 1.165) is 55.1 Å². The molecule has 2 heterocycles. The molecule has 32 heavy (non-hydrogen) atoms. The molecule has 0 unspecified atom stereocenters. The van der Waals surface area contributed by atoms with E-state index in [-0.39, 0.29) is 18.5 Å². The summed E-state index contributed by atoms with van der Waals surface area (Å²) in [4.78, 5) is 26.6. The summed E-state index contributed by atoms with van der Waals surface area (Å²) in [5, 5.41) is 0. The van der Waals surface area contributed by atoms with Crippen LogP contribution in [-0.2, 0) is 32.0 Å². The van der Waals surface area contributed by atoms with Crippen molar-refractivity contribution in [2.75, 3.05) is 53.7 Å². The van der Waals surface area contributed by atoms with Crippen molar-refractivity contribution in [1.82, 2.24) is 4.90 Å². The van der Waals surface area contributed by atoms with Crippen LogP contribution in [0.2, 0.25) is 0 Å². The third kappa shape index (κ3) is 5.61. The SMILES string of the molecule is COc1c(C)c2c(c(OC)c1C/C=C(\C)CCC(=O)OCCN1CCOCC1)C(=O)OC2. The Kier molecular flexibility index (Phi) is 8.53. The van der Waals surface area contributed by atoms with Gasteiger partial charge in [0.25, 0.3) is 0 Å². The topological polar surface area (TPSA) is 83.5 Å². The van der Waals surface area contributed by atoms with Gasteiger partial charge in [-0.15, -0.1) is 0 Å². The molecule has 0 spiro atoms. The monoisotopic (exact) mass is 447 g/mol. The zero-order valence-corrected chi connectivity index (χ0v) is 19.5. The van der Waals surface area contributed by atoms with E-state index in [2.05, 4.69) is 4.90 Å². The van der Waals surface area contributed by atoms with Gasteiger partial charge in [0.1, 0.15) is 30.3 Å². The summed E-state index contributed by atoms with van der Waals surface area (Å²) in [6, 6.07) is 0. The molecule has 0 aliphatic carbocycles. The van der Waals surface area contributed by atoms with E-state index in [9.17, 15) is 9.59 Å². The molecule has 3 rings (SSSR count). The Balaban J connectivity index is 1.57. The average Bonchev–Trinajstić information content (AvgIpc) is 3.19. The lowest BCUT2D eigenvalue weighted by Gasteiger charge is -2.26. The van der Waals surface area contributed by atoms with Crippen molar-refractivity contribution in [1.29, 1.82) is 0 Å². The number of cyclic esters (lactones) is 1. The number of nitrogens with zero attached hydrogens (tertiary/aromatic N) is 1. The fraction of sp³-hybridized carbons (Fsp3) is 0.583. The van der Waals surface area contributed by atoms with Gasteiger partial charge < -0.3 is 23.7 Å². The molecule has 0 atom stereocenters. The van der Waals surface area contributed by atoms with E-state index >= 15 is 0 Å². The van der Waals surface area contributed by atoms with E-state index in [0.29, 0.717) is 42.9 Å². The second kappa shape index (κ2) is 11.3. The summed E-state index contributed by atoms with van der Waals surface area (Å²) < 4.78 is 27.1. The normalized spacial score (nSPS) is 16.5. The number of benzene rings is 1. The molecule has 8 nitrogen and oxygen atoms in total. The van der Waals surface area contributed by atoms with E-state index in [1.807, 2.05) is 19.9 Å². The van der Waals surface area contributed by atoms with Gasteiger partial charge in [-0.25, -0.2) is 4.79 Å². The Labute approximate surface area is 189 Å². The van der Waals surface area contributed by atoms with E-state index in [1.54, 1.807) is 14.2 Å². The largest absolute Gasteiger partial charge is 0.496 e. The molecule has 0 radical (unpaired) electrons. The van der Waals surface area contributed by atoms with Gasteiger partial charge >= 0.3 is 11.9 Å². The molecule has 2 aliphatic rings. The van der Waals surface area contributed by atoms with Crippen LogP contribution in [0.25, 0.3) is 0 Å². The Morgan fingerprint density at radius 3 is 2.53 bits per heavy atom. The Morgan fingerprint density at radius 1 is 1.12 bits per heavy atom. The molecule has 0 N–H and O–H groups in total. The molecule has 0 bridgehead atoms. The number of esters is 2. The van der Waals surface area contributed by atoms with Crippen molar-refractivity contribution in [3.8, 4) is 11.5 Å². The minimum Gasteiger partial charge on any atom is -0.496 e. The van der Waals surface area contributed by atoms with Crippen molar-refractivity contribution in [3.63, 3.8) is 0 Å². The molecule has 176 valence electrons. The number of hydrogen-bond acceptors (Lipinski definition) is 8. The zero-order chi connectivity index (χ0) is 23.1. The molecular weight excluding hydrogens is 414 g/mol. The summed E-state index contributed by atoms with van der Waals surface area (Å²) >= 11 is 0. The lowest BCUT2D eigenvalue weighted by Crippen LogP contribution is -2.38. The Morgan fingerprint density at radius 2 is 1.84 bits per heavy atom. The summed E-state index contributed by atoms with van der Waals surface area (Å²) in [7, 11) is 3.15. The van der Waals surface area contributed by atoms with Gasteiger partial charge in [0.2, 0.25) is 0 Å². The number of methoxy groups -OCH3 is 2. The first-order valence-electron chi connectivity index (χ1n) is 11.0. The minimum atomic E-state index is -0.371. The van der Waals surface area contributed by atoms with Crippen molar-refractivity contribution < 1.29 is 33.3 Å². The highest BCUT2D eigenvalue weighted by Gasteiger charge is 2.32. The molecular formula is C24H33NO7. The third-order valence-corrected chi connectivity index (χ3v) is 5.98. The van der Waals surface area contributed by atoms with Gasteiger partial charge in [0.15, 0.2) is 0 Å². The Bertz CT molecular complexity index is 872. The third-order valence-electron chi connectivity index (χ3n) is 5.98. The molecule has 1 fully saturated rings. The van der Waals surface area contributed by atoms with Gasteiger partial charge in [-0.2, -0.15) is 0 Å². The highest BCUT2D eigenvalue weighted by molar-refractivity contribution is 5.98. The molecule has 1 saturated heterocycles. The highest BCUT2D eigenvalue weighted by atomic mass is 16.5. The van der Waals surface area contributed by atoms with Crippen LogP contribution in [0.15, 0.2) is 11.6 Å². The van der Waals surface area contributed by atoms with Gasteiger partial charge in [0.05, 0.1) is 27.4 Å². The highest BCUT2D eigenvalue weighted by Crippen LogP contribution is 2.42. The van der Waals surface area contributed by atoms with Crippen molar-refractivity contribution in [2.45, 2.75) is 39.7 Å². The molecule has 2 aliphatic heterocycles. The van der Waals surface area contributed by atoms with Crippen LogP contribution >= 0.6 is 0 Å². The number of fused-ring (bicyclic) bond motifs is 1. The predicted molar refractivity (Wildman–Crippen MR) is 118 cm³/mol. The first-order chi connectivity index (χ1) is 15.5. The molecule has 0 amide bonds. The number of hydrogen-bond donors (Lipinski definition) is 0. The van der Waals surface area contributed by atoms with Gasteiger partial charge in [-0.05, 0) is 32.3 Å². The van der Waals surface area contributed by atoms with Gasteiger partial charge in [0, 0.05) is 37.2 Å². The second-order valence-electron chi connectivity index (χ2n) is 8.03. The maximum absolute atomic E-state index is 12.2. The maximum Gasteiger partial charge on any atom is 0.342 e. The lowest BCUT2D eigenvalue weighted by molar-refractivity contribution is -0.144. The predicted octanol–water partition coefficient (Wildman–Crippen LogP) is 2.83. The van der Waals surface area contributed by atoms with Gasteiger partial charge in [-0.3, -0.25) is 9.69 Å². The van der Waals surface area contributed by atoms with Crippen LogP contribution in [0.5, 0.6) is 11.5 Å². The number of rotatable bonds is 10. The Hall–Kier alpha value is -2.58. The van der Waals surface area contributed by atoms with Crippen LogP contribution < -0.4 is 9.47 Å². The maximum atomic E-state index is 12.2. The number of allylic oxidation sites excluding steroid dienone is 2. The van der Waals surface area contributed by atoms with E-state index in [4.69, 9.17) is 23.7 Å². The molecule has 0 saturated carbocycles. The van der Waals surface area contributed by atoms with Crippen molar-refractivity contribution in [3.05, 3.63) is 33.9 Å². The fourth-order valence-corrected chi connectivity index (χ4v) is 4.10. The fourth-order valence-electron chi connectivity index (χ4n) is 4.10. The van der Waals surface area contributed by atoms with E-state index < -0.39 is 0 Å². The first-order valence-corrected chi connectivity index (χ1v) is 11.0. The standard InChI is InChI=1S/C24H33NO7/c1-16(6-8-20(26)31-14-11-25-9-12-30-13-10-25)5-7-18-22(28-3)17(2)19-15-32-24(27)21(19)23(18)29-4/h5H,6-15H2,1-4H3/b16-5+. The van der Waals surface area contributed by atoms with Crippen LogP contribution in [-0.4, -0.2) is 70.5 Å². The molecule has 1 aromatic carbocycles. The molecule has 1 aromatic rings. The van der Waals surface area contributed by atoms with Crippen LogP contribution in [0, 0.1) is 6.92 Å². The zero-order valence-electron chi connectivity index (χ0n) is 19.5. The lowest BCUT2D eigenvalue weighted by atomic mass is 9.94. The number of carbonyl (C=O) groups excluding carboxylic acids is 2. The average molecular weight is 448 g/mol. The summed E-state index contributed by atoms with van der Waals surface area (Å²) in [6.07, 6.45) is 3.49. The minimum absolute atomic E-state index is 0.197. The molecule has 0 aromatic heterocycles.